The highest BCUT2D eigenvalue weighted by Crippen LogP contribution is 2.38. The summed E-state index contributed by atoms with van der Waals surface area (Å²) >= 11 is 2.02. The van der Waals surface area contributed by atoms with Crippen LogP contribution in [0.1, 0.15) is 58.9 Å². The second kappa shape index (κ2) is 9.62. The van der Waals surface area contributed by atoms with E-state index in [1.807, 2.05) is 55.1 Å². The van der Waals surface area contributed by atoms with Gasteiger partial charge < -0.3 is 8.80 Å². The third-order valence-electron chi connectivity index (χ3n) is 2.87. The average Bonchev–Trinajstić information content (AvgIpc) is 2.40. The standard InChI is InChI=1S/C13H20INO.C2H6/c1-3-8-13(16-14,9-4-2)11-6-5-7-12(15)10-11;1-2/h5-7,10H,3-4,8-9,15H2,1-2H3;1-2H3. The SMILES string of the molecule is CC.CCCC(CCC)(OI)c1cccc(N)c1. The molecule has 0 unspecified atom stereocenters. The zero-order valence-electron chi connectivity index (χ0n) is 12.0. The van der Waals surface area contributed by atoms with E-state index in [1.165, 1.54) is 5.56 Å². The third kappa shape index (κ3) is 4.76. The smallest absolute Gasteiger partial charge is 0.110 e. The summed E-state index contributed by atoms with van der Waals surface area (Å²) in [6.07, 6.45) is 4.29. The molecule has 3 heteroatoms. The third-order valence-corrected chi connectivity index (χ3v) is 3.71. The molecule has 2 nitrogen and oxygen atoms in total. The van der Waals surface area contributed by atoms with E-state index in [0.717, 1.165) is 31.4 Å². The molecule has 0 spiro atoms. The van der Waals surface area contributed by atoms with Gasteiger partial charge in [0.15, 0.2) is 0 Å². The van der Waals surface area contributed by atoms with Gasteiger partial charge in [0, 0.05) is 5.69 Å². The molecular formula is C15H26INO. The van der Waals surface area contributed by atoms with Crippen LogP contribution in [0.25, 0.3) is 0 Å². The van der Waals surface area contributed by atoms with Crippen LogP contribution in [0, 0.1) is 0 Å². The molecule has 0 atom stereocenters. The molecule has 1 rings (SSSR count). The first-order valence-corrected chi connectivity index (χ1v) is 7.72. The maximum atomic E-state index is 5.84. The Morgan fingerprint density at radius 2 is 1.72 bits per heavy atom. The number of benzene rings is 1. The van der Waals surface area contributed by atoms with Crippen molar-refractivity contribution in [3.63, 3.8) is 0 Å². The van der Waals surface area contributed by atoms with Crippen molar-refractivity contribution in [1.29, 1.82) is 0 Å². The van der Waals surface area contributed by atoms with Gasteiger partial charge in [-0.3, -0.25) is 0 Å². The first-order valence-electron chi connectivity index (χ1n) is 6.84. The molecule has 0 bridgehead atoms. The zero-order valence-corrected chi connectivity index (χ0v) is 14.2. The summed E-state index contributed by atoms with van der Waals surface area (Å²) in [7, 11) is 0. The molecule has 18 heavy (non-hydrogen) atoms. The summed E-state index contributed by atoms with van der Waals surface area (Å²) in [6, 6.07) is 8.06. The van der Waals surface area contributed by atoms with E-state index >= 15 is 0 Å². The van der Waals surface area contributed by atoms with Crippen LogP contribution >= 0.6 is 23.0 Å². The molecule has 0 saturated carbocycles. The van der Waals surface area contributed by atoms with Crippen LogP contribution in [0.2, 0.25) is 0 Å². The topological polar surface area (TPSA) is 35.2 Å². The fourth-order valence-electron chi connectivity index (χ4n) is 2.17. The van der Waals surface area contributed by atoms with Crippen molar-refractivity contribution in [2.24, 2.45) is 0 Å². The number of nitrogen functional groups attached to an aromatic ring is 1. The van der Waals surface area contributed by atoms with Gasteiger partial charge in [0.2, 0.25) is 0 Å². The highest BCUT2D eigenvalue weighted by atomic mass is 127. The fraction of sp³-hybridized carbons (Fsp3) is 0.600. The second-order valence-corrected chi connectivity index (χ2v) is 4.64. The molecule has 0 aliphatic heterocycles. The minimum atomic E-state index is -0.167. The molecule has 2 N–H and O–H groups in total. The van der Waals surface area contributed by atoms with Gasteiger partial charge in [-0.1, -0.05) is 52.7 Å². The molecule has 0 heterocycles. The van der Waals surface area contributed by atoms with E-state index in [1.54, 1.807) is 0 Å². The van der Waals surface area contributed by atoms with E-state index in [-0.39, 0.29) is 5.60 Å². The van der Waals surface area contributed by atoms with Crippen LogP contribution in [-0.2, 0) is 8.67 Å². The van der Waals surface area contributed by atoms with Gasteiger partial charge in [-0.25, -0.2) is 0 Å². The van der Waals surface area contributed by atoms with E-state index in [0.29, 0.717) is 0 Å². The minimum absolute atomic E-state index is 0.167. The highest BCUT2D eigenvalue weighted by molar-refractivity contribution is 14.1. The summed E-state index contributed by atoms with van der Waals surface area (Å²) in [5, 5.41) is 0. The summed E-state index contributed by atoms with van der Waals surface area (Å²) in [5.74, 6) is 0. The molecule has 0 radical (unpaired) electrons. The van der Waals surface area contributed by atoms with Crippen LogP contribution in [0.5, 0.6) is 0 Å². The van der Waals surface area contributed by atoms with Crippen molar-refractivity contribution >= 4 is 28.7 Å². The molecule has 0 aliphatic rings. The summed E-state index contributed by atoms with van der Waals surface area (Å²) in [5.41, 5.74) is 7.68. The highest BCUT2D eigenvalue weighted by Gasteiger charge is 2.31. The summed E-state index contributed by atoms with van der Waals surface area (Å²) < 4.78 is 5.77. The largest absolute Gasteiger partial charge is 0.399 e. The van der Waals surface area contributed by atoms with Crippen molar-refractivity contribution < 1.29 is 3.07 Å². The normalized spacial score (nSPS) is 10.7. The first-order chi connectivity index (χ1) is 8.68. The van der Waals surface area contributed by atoms with E-state index < -0.39 is 0 Å². The van der Waals surface area contributed by atoms with Gasteiger partial charge in [0.1, 0.15) is 28.6 Å². The molecule has 0 saturated heterocycles. The quantitative estimate of drug-likeness (QED) is 0.538. The Balaban J connectivity index is 0.00000137. The number of halogens is 1. The monoisotopic (exact) mass is 363 g/mol. The summed E-state index contributed by atoms with van der Waals surface area (Å²) in [4.78, 5) is 0. The molecule has 104 valence electrons. The van der Waals surface area contributed by atoms with Crippen molar-refractivity contribution in [1.82, 2.24) is 0 Å². The summed E-state index contributed by atoms with van der Waals surface area (Å²) in [6.45, 7) is 8.37. The van der Waals surface area contributed by atoms with Crippen LogP contribution in [0.15, 0.2) is 24.3 Å². The molecule has 0 aliphatic carbocycles. The lowest BCUT2D eigenvalue weighted by atomic mass is 9.85. The zero-order chi connectivity index (χ0) is 14.0. The minimum Gasteiger partial charge on any atom is -0.399 e. The number of nitrogens with two attached hydrogens (primary N) is 1. The van der Waals surface area contributed by atoms with Crippen LogP contribution in [0.3, 0.4) is 0 Å². The van der Waals surface area contributed by atoms with Crippen LogP contribution in [-0.4, -0.2) is 0 Å². The van der Waals surface area contributed by atoms with Crippen LogP contribution < -0.4 is 5.73 Å². The Morgan fingerprint density at radius 1 is 1.17 bits per heavy atom. The van der Waals surface area contributed by atoms with Crippen molar-refractivity contribution in [2.75, 3.05) is 5.73 Å². The maximum Gasteiger partial charge on any atom is 0.110 e. The molecule has 0 amide bonds. The number of anilines is 1. The predicted molar refractivity (Wildman–Crippen MR) is 88.8 cm³/mol. The van der Waals surface area contributed by atoms with E-state index in [4.69, 9.17) is 8.80 Å². The Kier molecular flexibility index (Phi) is 9.46. The molecule has 1 aromatic rings. The second-order valence-electron chi connectivity index (χ2n) is 4.20. The lowest BCUT2D eigenvalue weighted by Gasteiger charge is -2.31. The Morgan fingerprint density at radius 3 is 2.11 bits per heavy atom. The van der Waals surface area contributed by atoms with Crippen molar-refractivity contribution in [3.8, 4) is 0 Å². The van der Waals surface area contributed by atoms with E-state index in [9.17, 15) is 0 Å². The van der Waals surface area contributed by atoms with Gasteiger partial charge in [-0.2, -0.15) is 0 Å². The first kappa shape index (κ1) is 17.7. The van der Waals surface area contributed by atoms with Crippen molar-refractivity contribution in [2.45, 2.75) is 59.0 Å². The Bertz CT molecular complexity index is 322. The Hall–Kier alpha value is -0.290. The number of hydrogen-bond acceptors (Lipinski definition) is 2. The van der Waals surface area contributed by atoms with Gasteiger partial charge >= 0.3 is 0 Å². The molecule has 0 fully saturated rings. The van der Waals surface area contributed by atoms with Crippen LogP contribution in [0.4, 0.5) is 5.69 Å². The lowest BCUT2D eigenvalue weighted by Crippen LogP contribution is -2.26. The maximum absolute atomic E-state index is 5.84. The number of rotatable bonds is 6. The fourth-order valence-corrected chi connectivity index (χ4v) is 2.86. The van der Waals surface area contributed by atoms with Gasteiger partial charge in [-0.15, -0.1) is 0 Å². The molecule has 0 aromatic heterocycles. The van der Waals surface area contributed by atoms with Gasteiger partial charge in [0.05, 0.1) is 0 Å². The van der Waals surface area contributed by atoms with E-state index in [2.05, 4.69) is 19.9 Å². The Labute approximate surface area is 126 Å². The average molecular weight is 363 g/mol. The predicted octanol–water partition coefficient (Wildman–Crippen LogP) is 5.46. The molecular weight excluding hydrogens is 337 g/mol. The van der Waals surface area contributed by atoms with Gasteiger partial charge in [-0.05, 0) is 30.5 Å². The van der Waals surface area contributed by atoms with Crippen molar-refractivity contribution in [3.05, 3.63) is 29.8 Å². The number of hydrogen-bond donors (Lipinski definition) is 1. The molecule has 1 aromatic carbocycles. The lowest BCUT2D eigenvalue weighted by molar-refractivity contribution is 0.0984. The van der Waals surface area contributed by atoms with Gasteiger partial charge in [0.25, 0.3) is 0 Å².